The zero-order valence-electron chi connectivity index (χ0n) is 15.4. The van der Waals surface area contributed by atoms with Crippen molar-refractivity contribution in [1.82, 2.24) is 14.7 Å². The average molecular weight is 353 g/mol. The quantitative estimate of drug-likeness (QED) is 0.843. The highest BCUT2D eigenvalue weighted by molar-refractivity contribution is 5.92. The molecule has 1 amide bonds. The molecule has 1 aromatic heterocycles. The molecule has 1 atom stereocenters. The van der Waals surface area contributed by atoms with Gasteiger partial charge in [0.25, 0.3) is 5.91 Å². The second-order valence-corrected chi connectivity index (χ2v) is 7.85. The lowest BCUT2D eigenvalue weighted by atomic mass is 9.73. The topological polar surface area (TPSA) is 47.4 Å². The fraction of sp³-hybridized carbons (Fsp3) is 0.524. The molecule has 0 N–H and O–H groups in total. The van der Waals surface area contributed by atoms with Crippen molar-refractivity contribution in [1.29, 1.82) is 0 Å². The predicted octanol–water partition coefficient (Wildman–Crippen LogP) is 3.66. The number of aryl methyl sites for hydroxylation is 1. The monoisotopic (exact) mass is 353 g/mol. The number of likely N-dealkylation sites (tertiary alicyclic amines) is 1. The third-order valence-corrected chi connectivity index (χ3v) is 5.91. The molecule has 2 aromatic rings. The summed E-state index contributed by atoms with van der Waals surface area (Å²) in [5.74, 6) is 0.900. The summed E-state index contributed by atoms with van der Waals surface area (Å²) in [4.78, 5) is 15.1. The highest BCUT2D eigenvalue weighted by atomic mass is 16.5. The van der Waals surface area contributed by atoms with Crippen molar-refractivity contribution >= 4 is 5.91 Å². The summed E-state index contributed by atoms with van der Waals surface area (Å²) < 4.78 is 7.72. The maximum Gasteiger partial charge on any atom is 0.274 e. The summed E-state index contributed by atoms with van der Waals surface area (Å²) in [7, 11) is 1.85. The van der Waals surface area contributed by atoms with Gasteiger partial charge in [-0.3, -0.25) is 9.48 Å². The molecule has 2 fully saturated rings. The predicted molar refractivity (Wildman–Crippen MR) is 100 cm³/mol. The number of carbonyl (C=O) groups excluding carboxylic acids is 1. The van der Waals surface area contributed by atoms with Gasteiger partial charge >= 0.3 is 0 Å². The van der Waals surface area contributed by atoms with E-state index >= 15 is 0 Å². The highest BCUT2D eigenvalue weighted by Crippen LogP contribution is 2.46. The minimum Gasteiger partial charge on any atom is -0.491 e. The van der Waals surface area contributed by atoms with Gasteiger partial charge in [0.2, 0.25) is 0 Å². The zero-order chi connectivity index (χ0) is 18.0. The summed E-state index contributed by atoms with van der Waals surface area (Å²) in [6.45, 7) is 1.38. The molecule has 5 nitrogen and oxygen atoms in total. The van der Waals surface area contributed by atoms with Gasteiger partial charge in [-0.2, -0.15) is 5.10 Å². The van der Waals surface area contributed by atoms with Crippen LogP contribution in [0.3, 0.4) is 0 Å². The van der Waals surface area contributed by atoms with Gasteiger partial charge in [-0.25, -0.2) is 0 Å². The third kappa shape index (κ3) is 3.48. The van der Waals surface area contributed by atoms with Gasteiger partial charge < -0.3 is 9.64 Å². The van der Waals surface area contributed by atoms with Gasteiger partial charge in [0.15, 0.2) is 0 Å². The van der Waals surface area contributed by atoms with Crippen LogP contribution < -0.4 is 4.74 Å². The second-order valence-electron chi connectivity index (χ2n) is 7.85. The first-order chi connectivity index (χ1) is 12.7. The van der Waals surface area contributed by atoms with Crippen LogP contribution in [0.4, 0.5) is 0 Å². The Kier molecular flexibility index (Phi) is 4.70. The van der Waals surface area contributed by atoms with Crippen LogP contribution in [-0.4, -0.2) is 39.8 Å². The molecule has 1 aromatic carbocycles. The van der Waals surface area contributed by atoms with Gasteiger partial charge in [0, 0.05) is 19.8 Å². The van der Waals surface area contributed by atoms with E-state index in [1.807, 2.05) is 54.5 Å². The number of benzene rings is 1. The molecule has 1 unspecified atom stereocenters. The first-order valence-electron chi connectivity index (χ1n) is 9.64. The van der Waals surface area contributed by atoms with E-state index in [0.29, 0.717) is 12.3 Å². The lowest BCUT2D eigenvalue weighted by Crippen LogP contribution is -2.40. The van der Waals surface area contributed by atoms with E-state index in [1.54, 1.807) is 4.68 Å². The number of aromatic nitrogens is 2. The first-order valence-corrected chi connectivity index (χ1v) is 9.64. The molecule has 1 saturated carbocycles. The Bertz CT molecular complexity index is 750. The smallest absolute Gasteiger partial charge is 0.274 e. The second kappa shape index (κ2) is 7.14. The van der Waals surface area contributed by atoms with Crippen LogP contribution in [0.1, 0.15) is 49.0 Å². The summed E-state index contributed by atoms with van der Waals surface area (Å²) in [6.07, 6.45) is 9.19. The Labute approximate surface area is 154 Å². The molecule has 1 spiro atoms. The maximum atomic E-state index is 13.1. The van der Waals surface area contributed by atoms with Gasteiger partial charge in [-0.15, -0.1) is 0 Å². The van der Waals surface area contributed by atoms with Crippen LogP contribution in [0.15, 0.2) is 42.6 Å². The molecule has 5 heteroatoms. The van der Waals surface area contributed by atoms with Crippen LogP contribution in [0.5, 0.6) is 5.75 Å². The molecule has 2 aliphatic rings. The molecule has 1 aliphatic carbocycles. The molecule has 1 aliphatic heterocycles. The van der Waals surface area contributed by atoms with Crippen LogP contribution in [0.25, 0.3) is 0 Å². The molecule has 0 radical (unpaired) electrons. The van der Waals surface area contributed by atoms with Crippen LogP contribution in [0.2, 0.25) is 0 Å². The highest BCUT2D eigenvalue weighted by Gasteiger charge is 2.46. The normalized spacial score (nSPS) is 21.9. The molecule has 26 heavy (non-hydrogen) atoms. The molecule has 1 saturated heterocycles. The summed E-state index contributed by atoms with van der Waals surface area (Å²) in [5.41, 5.74) is 0.804. The molecule has 138 valence electrons. The Hall–Kier alpha value is -2.30. The minimum atomic E-state index is 0.0368. The number of rotatable bonds is 4. The number of hydrogen-bond acceptors (Lipinski definition) is 3. The van der Waals surface area contributed by atoms with Crippen LogP contribution >= 0.6 is 0 Å². The first kappa shape index (κ1) is 17.1. The van der Waals surface area contributed by atoms with Gasteiger partial charge in [0.05, 0.1) is 6.04 Å². The summed E-state index contributed by atoms with van der Waals surface area (Å²) in [6, 6.07) is 11.8. The Morgan fingerprint density at radius 1 is 1.19 bits per heavy atom. The van der Waals surface area contributed by atoms with E-state index in [-0.39, 0.29) is 17.4 Å². The molecular weight excluding hydrogens is 326 g/mol. The van der Waals surface area contributed by atoms with Crippen molar-refractivity contribution in [2.24, 2.45) is 12.5 Å². The van der Waals surface area contributed by atoms with E-state index in [9.17, 15) is 4.79 Å². The van der Waals surface area contributed by atoms with Crippen molar-refractivity contribution in [3.8, 4) is 5.75 Å². The van der Waals surface area contributed by atoms with E-state index in [0.717, 1.165) is 18.7 Å². The zero-order valence-corrected chi connectivity index (χ0v) is 15.4. The SMILES string of the molecule is Cn1ccc(C(=O)N2CC3(CCCCC3)CC2COc2ccccc2)n1. The van der Waals surface area contributed by atoms with Gasteiger partial charge in [-0.05, 0) is 42.9 Å². The van der Waals surface area contributed by atoms with Gasteiger partial charge in [-0.1, -0.05) is 37.5 Å². The minimum absolute atomic E-state index is 0.0368. The number of ether oxygens (including phenoxy) is 1. The van der Waals surface area contributed by atoms with Crippen molar-refractivity contribution in [2.45, 2.75) is 44.6 Å². The Morgan fingerprint density at radius 2 is 1.96 bits per heavy atom. The Balaban J connectivity index is 1.52. The maximum absolute atomic E-state index is 13.1. The van der Waals surface area contributed by atoms with E-state index in [4.69, 9.17) is 4.74 Å². The largest absolute Gasteiger partial charge is 0.491 e. The van der Waals surface area contributed by atoms with E-state index in [2.05, 4.69) is 5.10 Å². The number of carbonyl (C=O) groups is 1. The number of para-hydroxylation sites is 1. The third-order valence-electron chi connectivity index (χ3n) is 5.91. The molecular formula is C21H27N3O2. The van der Waals surface area contributed by atoms with Gasteiger partial charge in [0.1, 0.15) is 18.1 Å². The van der Waals surface area contributed by atoms with Crippen LogP contribution in [0, 0.1) is 5.41 Å². The van der Waals surface area contributed by atoms with E-state index in [1.165, 1.54) is 32.1 Å². The Morgan fingerprint density at radius 3 is 2.65 bits per heavy atom. The molecule has 0 bridgehead atoms. The number of hydrogen-bond donors (Lipinski definition) is 0. The number of nitrogens with zero attached hydrogens (tertiary/aromatic N) is 3. The number of amides is 1. The van der Waals surface area contributed by atoms with E-state index < -0.39 is 0 Å². The van der Waals surface area contributed by atoms with Crippen molar-refractivity contribution in [3.05, 3.63) is 48.3 Å². The van der Waals surface area contributed by atoms with Crippen LogP contribution in [-0.2, 0) is 7.05 Å². The lowest BCUT2D eigenvalue weighted by Gasteiger charge is -2.33. The summed E-state index contributed by atoms with van der Waals surface area (Å²) >= 11 is 0. The fourth-order valence-corrected chi connectivity index (χ4v) is 4.60. The summed E-state index contributed by atoms with van der Waals surface area (Å²) in [5, 5.41) is 4.33. The molecule has 4 rings (SSSR count). The molecule has 2 heterocycles. The fourth-order valence-electron chi connectivity index (χ4n) is 4.60. The average Bonchev–Trinajstić information content (AvgIpc) is 3.25. The standard InChI is InChI=1S/C21H27N3O2/c1-23-13-10-19(22-23)20(25)24-16-21(11-6-3-7-12-21)14-17(24)15-26-18-8-4-2-5-9-18/h2,4-5,8-10,13,17H,3,6-7,11-12,14-16H2,1H3. The lowest BCUT2D eigenvalue weighted by molar-refractivity contribution is 0.0667. The van der Waals surface area contributed by atoms with Crippen molar-refractivity contribution in [2.75, 3.05) is 13.2 Å². The van der Waals surface area contributed by atoms with Crippen molar-refractivity contribution < 1.29 is 9.53 Å². The van der Waals surface area contributed by atoms with Crippen molar-refractivity contribution in [3.63, 3.8) is 0 Å².